The third kappa shape index (κ3) is 4.96. The zero-order valence-electron chi connectivity index (χ0n) is 11.5. The predicted molar refractivity (Wildman–Crippen MR) is 74.1 cm³/mol. The van der Waals surface area contributed by atoms with Crippen molar-refractivity contribution in [3.05, 3.63) is 0 Å². The largest absolute Gasteiger partial charge is 0.409 e. The molecule has 1 heterocycles. The van der Waals surface area contributed by atoms with Gasteiger partial charge in [-0.05, 0) is 25.2 Å². The molecule has 8 heteroatoms. The molecule has 0 aliphatic carbocycles. The van der Waals surface area contributed by atoms with E-state index in [2.05, 4.69) is 16.8 Å². The van der Waals surface area contributed by atoms with Crippen LogP contribution in [0.4, 0.5) is 0 Å². The lowest BCUT2D eigenvalue weighted by Gasteiger charge is -2.31. The fraction of sp³-hybridized carbons (Fsp3) is 0.909. The maximum absolute atomic E-state index is 12.2. The molecule has 0 amide bonds. The molecule has 1 fully saturated rings. The highest BCUT2D eigenvalue weighted by molar-refractivity contribution is 7.87. The Morgan fingerprint density at radius 1 is 1.63 bits per heavy atom. The second-order valence-electron chi connectivity index (χ2n) is 5.13. The first kappa shape index (κ1) is 16.2. The highest BCUT2D eigenvalue weighted by Crippen LogP contribution is 2.18. The molecule has 19 heavy (non-hydrogen) atoms. The average molecular weight is 292 g/mol. The maximum Gasteiger partial charge on any atom is 0.279 e. The monoisotopic (exact) mass is 292 g/mol. The van der Waals surface area contributed by atoms with Crippen molar-refractivity contribution in [2.45, 2.75) is 45.6 Å². The lowest BCUT2D eigenvalue weighted by Crippen LogP contribution is -2.49. The maximum atomic E-state index is 12.2. The number of rotatable bonds is 6. The minimum absolute atomic E-state index is 0.0292. The first-order chi connectivity index (χ1) is 8.89. The zero-order valence-corrected chi connectivity index (χ0v) is 12.4. The molecule has 1 aliphatic rings. The number of amidine groups is 1. The number of piperidine rings is 1. The van der Waals surface area contributed by atoms with Gasteiger partial charge in [-0.15, -0.1) is 0 Å². The quantitative estimate of drug-likeness (QED) is 0.286. The summed E-state index contributed by atoms with van der Waals surface area (Å²) in [5, 5.41) is 11.4. The van der Waals surface area contributed by atoms with Crippen molar-refractivity contribution in [2.75, 3.05) is 13.1 Å². The van der Waals surface area contributed by atoms with E-state index in [1.807, 2.05) is 6.92 Å². The van der Waals surface area contributed by atoms with Crippen LogP contribution in [0.2, 0.25) is 0 Å². The molecule has 2 atom stereocenters. The highest BCUT2D eigenvalue weighted by atomic mass is 32.2. The highest BCUT2D eigenvalue weighted by Gasteiger charge is 2.28. The molecule has 7 nitrogen and oxygen atoms in total. The fourth-order valence-electron chi connectivity index (χ4n) is 2.21. The molecule has 0 saturated carbocycles. The molecule has 0 aromatic rings. The number of nitrogens with zero attached hydrogens (tertiary/aromatic N) is 2. The van der Waals surface area contributed by atoms with E-state index < -0.39 is 10.2 Å². The molecule has 1 saturated heterocycles. The zero-order chi connectivity index (χ0) is 14.5. The van der Waals surface area contributed by atoms with E-state index in [0.29, 0.717) is 25.4 Å². The molecule has 0 spiro atoms. The summed E-state index contributed by atoms with van der Waals surface area (Å²) < 4.78 is 28.6. The van der Waals surface area contributed by atoms with E-state index in [1.165, 1.54) is 4.31 Å². The molecule has 0 bridgehead atoms. The van der Waals surface area contributed by atoms with Gasteiger partial charge in [-0.2, -0.15) is 17.4 Å². The Morgan fingerprint density at radius 2 is 2.32 bits per heavy atom. The van der Waals surface area contributed by atoms with Crippen LogP contribution in [0.15, 0.2) is 5.16 Å². The SMILES string of the molecule is CCC(CC(N)=NO)NS(=O)(=O)N1CCCC(C)C1. The van der Waals surface area contributed by atoms with Crippen LogP contribution in [0.5, 0.6) is 0 Å². The number of hydrogen-bond acceptors (Lipinski definition) is 4. The van der Waals surface area contributed by atoms with Gasteiger partial charge in [0.1, 0.15) is 5.84 Å². The number of nitrogens with one attached hydrogen (secondary N) is 1. The molecule has 112 valence electrons. The Kier molecular flexibility index (Phi) is 6.02. The summed E-state index contributed by atoms with van der Waals surface area (Å²) in [6.07, 6.45) is 2.74. The van der Waals surface area contributed by atoms with Crippen molar-refractivity contribution in [3.8, 4) is 0 Å². The first-order valence-corrected chi connectivity index (χ1v) is 8.06. The summed E-state index contributed by atoms with van der Waals surface area (Å²) in [6.45, 7) is 5.01. The minimum atomic E-state index is -3.49. The molecule has 4 N–H and O–H groups in total. The van der Waals surface area contributed by atoms with E-state index >= 15 is 0 Å². The summed E-state index contributed by atoms with van der Waals surface area (Å²) in [6, 6.07) is -0.349. The van der Waals surface area contributed by atoms with Gasteiger partial charge in [-0.25, -0.2) is 0 Å². The Labute approximate surface area is 115 Å². The molecule has 0 aromatic heterocycles. The third-order valence-corrected chi connectivity index (χ3v) is 4.99. The van der Waals surface area contributed by atoms with E-state index in [4.69, 9.17) is 10.9 Å². The van der Waals surface area contributed by atoms with Crippen LogP contribution in [0.25, 0.3) is 0 Å². The normalized spacial score (nSPS) is 24.3. The standard InChI is InChI=1S/C11H24N4O3S/c1-3-10(7-11(12)13-16)14-19(17,18)15-6-4-5-9(2)8-15/h9-10,14,16H,3-8H2,1-2H3,(H2,12,13). The fourth-order valence-corrected chi connectivity index (χ4v) is 3.85. The molecule has 0 radical (unpaired) electrons. The van der Waals surface area contributed by atoms with Crippen molar-refractivity contribution in [1.29, 1.82) is 0 Å². The van der Waals surface area contributed by atoms with Crippen molar-refractivity contribution in [2.24, 2.45) is 16.8 Å². The van der Waals surface area contributed by atoms with Crippen LogP contribution in [0.3, 0.4) is 0 Å². The molecular weight excluding hydrogens is 268 g/mol. The van der Waals surface area contributed by atoms with Gasteiger partial charge in [0.2, 0.25) is 0 Å². The van der Waals surface area contributed by atoms with Crippen LogP contribution < -0.4 is 10.5 Å². The molecule has 1 rings (SSSR count). The lowest BCUT2D eigenvalue weighted by molar-refractivity contribution is 0.276. The Morgan fingerprint density at radius 3 is 2.84 bits per heavy atom. The second-order valence-corrected chi connectivity index (χ2v) is 6.83. The summed E-state index contributed by atoms with van der Waals surface area (Å²) in [4.78, 5) is 0. The van der Waals surface area contributed by atoms with Crippen molar-refractivity contribution < 1.29 is 13.6 Å². The summed E-state index contributed by atoms with van der Waals surface area (Å²) >= 11 is 0. The van der Waals surface area contributed by atoms with Crippen molar-refractivity contribution in [3.63, 3.8) is 0 Å². The predicted octanol–water partition coefficient (Wildman–Crippen LogP) is 0.468. The van der Waals surface area contributed by atoms with Gasteiger partial charge in [-0.3, -0.25) is 0 Å². The number of hydrogen-bond donors (Lipinski definition) is 3. The number of nitrogens with two attached hydrogens (primary N) is 1. The summed E-state index contributed by atoms with van der Waals surface area (Å²) in [7, 11) is -3.49. The Bertz CT molecular complexity index is 410. The van der Waals surface area contributed by atoms with E-state index in [-0.39, 0.29) is 18.3 Å². The van der Waals surface area contributed by atoms with E-state index in [9.17, 15) is 8.42 Å². The van der Waals surface area contributed by atoms with Gasteiger partial charge in [0.05, 0.1) is 0 Å². The smallest absolute Gasteiger partial charge is 0.279 e. The number of oxime groups is 1. The molecule has 1 aliphatic heterocycles. The molecular formula is C11H24N4O3S. The Hall–Kier alpha value is -0.860. The van der Waals surface area contributed by atoms with Gasteiger partial charge >= 0.3 is 0 Å². The topological polar surface area (TPSA) is 108 Å². The van der Waals surface area contributed by atoms with Crippen LogP contribution >= 0.6 is 0 Å². The second kappa shape index (κ2) is 7.06. The van der Waals surface area contributed by atoms with Crippen LogP contribution in [-0.2, 0) is 10.2 Å². The Balaban J connectivity index is 2.66. The van der Waals surface area contributed by atoms with Gasteiger partial charge in [0, 0.05) is 25.6 Å². The first-order valence-electron chi connectivity index (χ1n) is 6.62. The lowest BCUT2D eigenvalue weighted by atomic mass is 10.0. The van der Waals surface area contributed by atoms with Crippen LogP contribution in [-0.4, -0.2) is 42.9 Å². The summed E-state index contributed by atoms with van der Waals surface area (Å²) in [5.41, 5.74) is 5.42. The minimum Gasteiger partial charge on any atom is -0.409 e. The van der Waals surface area contributed by atoms with E-state index in [1.54, 1.807) is 0 Å². The molecule has 2 unspecified atom stereocenters. The third-order valence-electron chi connectivity index (χ3n) is 3.35. The van der Waals surface area contributed by atoms with Gasteiger partial charge < -0.3 is 10.9 Å². The average Bonchev–Trinajstić information content (AvgIpc) is 2.37. The molecule has 0 aromatic carbocycles. The summed E-state index contributed by atoms with van der Waals surface area (Å²) in [5.74, 6) is 0.413. The van der Waals surface area contributed by atoms with Crippen molar-refractivity contribution >= 4 is 16.0 Å². The van der Waals surface area contributed by atoms with Gasteiger partial charge in [0.15, 0.2) is 0 Å². The van der Waals surface area contributed by atoms with Crippen LogP contribution in [0.1, 0.15) is 39.5 Å². The van der Waals surface area contributed by atoms with E-state index in [0.717, 1.165) is 12.8 Å². The van der Waals surface area contributed by atoms with Crippen molar-refractivity contribution in [1.82, 2.24) is 9.03 Å². The van der Waals surface area contributed by atoms with Gasteiger partial charge in [-0.1, -0.05) is 19.0 Å². The van der Waals surface area contributed by atoms with Crippen LogP contribution in [0, 0.1) is 5.92 Å². The van der Waals surface area contributed by atoms with Gasteiger partial charge in [0.25, 0.3) is 10.2 Å².